The molecule has 0 radical (unpaired) electrons. The minimum absolute atomic E-state index is 0.148. The average Bonchev–Trinajstić information content (AvgIpc) is 3.00. The summed E-state index contributed by atoms with van der Waals surface area (Å²) in [6, 6.07) is 9.53. The van der Waals surface area contributed by atoms with E-state index in [-0.39, 0.29) is 5.78 Å². The SMILES string of the molecule is O=C1CCOc2cc(OCCCCn3cccc3)ccc21. The molecule has 0 saturated heterocycles. The monoisotopic (exact) mass is 285 g/mol. The van der Waals surface area contributed by atoms with Crippen LogP contribution in [0.25, 0.3) is 0 Å². The highest BCUT2D eigenvalue weighted by atomic mass is 16.5. The van der Waals surface area contributed by atoms with Crippen molar-refractivity contribution >= 4 is 5.78 Å². The first-order valence-corrected chi connectivity index (χ1v) is 7.36. The van der Waals surface area contributed by atoms with Crippen molar-refractivity contribution in [2.24, 2.45) is 0 Å². The molecule has 110 valence electrons. The molecular weight excluding hydrogens is 266 g/mol. The molecule has 0 amide bonds. The van der Waals surface area contributed by atoms with Gasteiger partial charge >= 0.3 is 0 Å². The van der Waals surface area contributed by atoms with Crippen molar-refractivity contribution in [2.45, 2.75) is 25.8 Å². The van der Waals surface area contributed by atoms with Crippen molar-refractivity contribution in [3.63, 3.8) is 0 Å². The highest BCUT2D eigenvalue weighted by Gasteiger charge is 2.18. The number of fused-ring (bicyclic) bond motifs is 1. The molecule has 0 bridgehead atoms. The highest BCUT2D eigenvalue weighted by molar-refractivity contribution is 5.99. The van der Waals surface area contributed by atoms with Gasteiger partial charge in [-0.2, -0.15) is 0 Å². The fourth-order valence-corrected chi connectivity index (χ4v) is 2.44. The molecule has 0 aliphatic carbocycles. The van der Waals surface area contributed by atoms with Crippen LogP contribution < -0.4 is 9.47 Å². The van der Waals surface area contributed by atoms with Gasteiger partial charge in [-0.15, -0.1) is 0 Å². The van der Waals surface area contributed by atoms with Gasteiger partial charge in [0.15, 0.2) is 5.78 Å². The lowest BCUT2D eigenvalue weighted by Crippen LogP contribution is -2.15. The molecule has 1 aliphatic rings. The second-order valence-corrected chi connectivity index (χ2v) is 5.16. The maximum absolute atomic E-state index is 11.7. The molecule has 21 heavy (non-hydrogen) atoms. The molecule has 4 nitrogen and oxygen atoms in total. The number of hydrogen-bond acceptors (Lipinski definition) is 3. The van der Waals surface area contributed by atoms with Gasteiger partial charge in [-0.05, 0) is 37.1 Å². The lowest BCUT2D eigenvalue weighted by molar-refractivity contribution is 0.0933. The molecule has 4 heteroatoms. The van der Waals surface area contributed by atoms with Crippen LogP contribution in [-0.4, -0.2) is 23.6 Å². The molecule has 1 aromatic heterocycles. The Kier molecular flexibility index (Phi) is 4.24. The van der Waals surface area contributed by atoms with E-state index in [0.717, 1.165) is 25.1 Å². The van der Waals surface area contributed by atoms with Crippen molar-refractivity contribution < 1.29 is 14.3 Å². The first-order valence-electron chi connectivity index (χ1n) is 7.36. The number of benzene rings is 1. The predicted molar refractivity (Wildman–Crippen MR) is 80.0 cm³/mol. The van der Waals surface area contributed by atoms with Gasteiger partial charge in [-0.25, -0.2) is 0 Å². The number of carbonyl (C=O) groups excluding carboxylic acids is 1. The van der Waals surface area contributed by atoms with E-state index in [4.69, 9.17) is 9.47 Å². The number of carbonyl (C=O) groups is 1. The van der Waals surface area contributed by atoms with E-state index in [0.29, 0.717) is 30.9 Å². The Hall–Kier alpha value is -2.23. The number of unbranched alkanes of at least 4 members (excludes halogenated alkanes) is 1. The molecule has 0 N–H and O–H groups in total. The van der Waals surface area contributed by atoms with Gasteiger partial charge in [-0.1, -0.05) is 0 Å². The number of hydrogen-bond donors (Lipinski definition) is 0. The van der Waals surface area contributed by atoms with E-state index in [9.17, 15) is 4.79 Å². The van der Waals surface area contributed by atoms with Crippen molar-refractivity contribution in [2.75, 3.05) is 13.2 Å². The lowest BCUT2D eigenvalue weighted by Gasteiger charge is -2.17. The Morgan fingerprint density at radius 1 is 1.19 bits per heavy atom. The normalized spacial score (nSPS) is 13.6. The molecular formula is C17H19NO3. The van der Waals surface area contributed by atoms with Gasteiger partial charge in [0.05, 0.1) is 18.8 Å². The number of nitrogens with zero attached hydrogens (tertiary/aromatic N) is 1. The van der Waals surface area contributed by atoms with Crippen LogP contribution in [0.3, 0.4) is 0 Å². The number of rotatable bonds is 6. The summed E-state index contributed by atoms with van der Waals surface area (Å²) in [5, 5.41) is 0. The standard InChI is InChI=1S/C17H19NO3/c19-16-7-12-21-17-13-14(5-6-15(16)17)20-11-4-3-10-18-8-1-2-9-18/h1-2,5-6,8-9,13H,3-4,7,10-12H2. The zero-order valence-corrected chi connectivity index (χ0v) is 12.0. The highest BCUT2D eigenvalue weighted by Crippen LogP contribution is 2.29. The molecule has 0 unspecified atom stereocenters. The van der Waals surface area contributed by atoms with Gasteiger partial charge in [0.1, 0.15) is 11.5 Å². The fourth-order valence-electron chi connectivity index (χ4n) is 2.44. The summed E-state index contributed by atoms with van der Waals surface area (Å²) in [6.45, 7) is 2.15. The van der Waals surface area contributed by atoms with Gasteiger partial charge in [0, 0.05) is 31.4 Å². The summed E-state index contributed by atoms with van der Waals surface area (Å²) in [6.07, 6.45) is 6.67. The summed E-state index contributed by atoms with van der Waals surface area (Å²) in [5.41, 5.74) is 0.668. The third kappa shape index (κ3) is 3.45. The van der Waals surface area contributed by atoms with Crippen LogP contribution in [0.2, 0.25) is 0 Å². The van der Waals surface area contributed by atoms with E-state index in [1.54, 1.807) is 6.07 Å². The molecule has 2 heterocycles. The van der Waals surface area contributed by atoms with Crippen molar-refractivity contribution in [1.82, 2.24) is 4.57 Å². The second-order valence-electron chi connectivity index (χ2n) is 5.16. The van der Waals surface area contributed by atoms with Crippen LogP contribution in [-0.2, 0) is 6.54 Å². The number of ether oxygens (including phenoxy) is 2. The Bertz CT molecular complexity index is 605. The fraction of sp³-hybridized carbons (Fsp3) is 0.353. The second kappa shape index (κ2) is 6.48. The Balaban J connectivity index is 1.46. The van der Waals surface area contributed by atoms with E-state index in [2.05, 4.69) is 17.0 Å². The zero-order valence-electron chi connectivity index (χ0n) is 12.0. The summed E-state index contributed by atoms with van der Waals surface area (Å²) >= 11 is 0. The van der Waals surface area contributed by atoms with Crippen LogP contribution >= 0.6 is 0 Å². The molecule has 0 atom stereocenters. The van der Waals surface area contributed by atoms with E-state index in [1.807, 2.05) is 24.3 Å². The van der Waals surface area contributed by atoms with Gasteiger partial charge in [0.2, 0.25) is 0 Å². The van der Waals surface area contributed by atoms with Crippen molar-refractivity contribution in [1.29, 1.82) is 0 Å². The molecule has 1 aromatic carbocycles. The maximum Gasteiger partial charge on any atom is 0.169 e. The summed E-state index contributed by atoms with van der Waals surface area (Å²) in [5.74, 6) is 1.56. The van der Waals surface area contributed by atoms with Crippen LogP contribution in [0.1, 0.15) is 29.6 Å². The number of aromatic nitrogens is 1. The van der Waals surface area contributed by atoms with Crippen molar-refractivity contribution in [3.8, 4) is 11.5 Å². The number of Topliss-reactive ketones (excluding diaryl/α,β-unsaturated/α-hetero) is 1. The largest absolute Gasteiger partial charge is 0.493 e. The van der Waals surface area contributed by atoms with Gasteiger partial charge < -0.3 is 14.0 Å². The van der Waals surface area contributed by atoms with Crippen LogP contribution in [0.5, 0.6) is 11.5 Å². The Morgan fingerprint density at radius 2 is 2.05 bits per heavy atom. The summed E-state index contributed by atoms with van der Waals surface area (Å²) < 4.78 is 13.4. The quantitative estimate of drug-likeness (QED) is 0.764. The molecule has 0 fully saturated rings. The van der Waals surface area contributed by atoms with Gasteiger partial charge in [-0.3, -0.25) is 4.79 Å². The zero-order chi connectivity index (χ0) is 14.5. The maximum atomic E-state index is 11.7. The van der Waals surface area contributed by atoms with Gasteiger partial charge in [0.25, 0.3) is 0 Å². The molecule has 2 aromatic rings. The summed E-state index contributed by atoms with van der Waals surface area (Å²) in [4.78, 5) is 11.7. The smallest absolute Gasteiger partial charge is 0.169 e. The first-order chi connectivity index (χ1) is 10.3. The Morgan fingerprint density at radius 3 is 2.90 bits per heavy atom. The third-order valence-corrected chi connectivity index (χ3v) is 3.59. The third-order valence-electron chi connectivity index (χ3n) is 3.59. The number of aryl methyl sites for hydroxylation is 1. The average molecular weight is 285 g/mol. The van der Waals surface area contributed by atoms with Crippen LogP contribution in [0.4, 0.5) is 0 Å². The van der Waals surface area contributed by atoms with E-state index >= 15 is 0 Å². The van der Waals surface area contributed by atoms with E-state index in [1.165, 1.54) is 0 Å². The first kappa shape index (κ1) is 13.7. The van der Waals surface area contributed by atoms with Crippen molar-refractivity contribution in [3.05, 3.63) is 48.3 Å². The minimum Gasteiger partial charge on any atom is -0.493 e. The Labute approximate surface area is 124 Å². The van der Waals surface area contributed by atoms with Crippen LogP contribution in [0, 0.1) is 0 Å². The number of ketones is 1. The molecule has 3 rings (SSSR count). The predicted octanol–water partition coefficient (Wildman–Crippen LogP) is 3.31. The molecule has 0 saturated carbocycles. The topological polar surface area (TPSA) is 40.5 Å². The van der Waals surface area contributed by atoms with Crippen LogP contribution in [0.15, 0.2) is 42.7 Å². The molecule has 0 spiro atoms. The summed E-state index contributed by atoms with van der Waals surface area (Å²) in [7, 11) is 0. The molecule has 1 aliphatic heterocycles. The van der Waals surface area contributed by atoms with E-state index < -0.39 is 0 Å². The lowest BCUT2D eigenvalue weighted by atomic mass is 10.1. The minimum atomic E-state index is 0.148.